The van der Waals surface area contributed by atoms with Crippen molar-refractivity contribution in [2.75, 3.05) is 66.3 Å². The van der Waals surface area contributed by atoms with Crippen molar-refractivity contribution in [3.05, 3.63) is 0 Å². The number of nitrogens with zero attached hydrogens (tertiary/aromatic N) is 2. The van der Waals surface area contributed by atoms with Gasteiger partial charge in [0.25, 0.3) is 0 Å². The van der Waals surface area contributed by atoms with Crippen LogP contribution in [-0.2, 0) is 14.2 Å². The van der Waals surface area contributed by atoms with Gasteiger partial charge in [0, 0.05) is 39.8 Å². The van der Waals surface area contributed by atoms with Crippen LogP contribution in [0, 0.1) is 0 Å². The molecule has 0 aliphatic carbocycles. The molecule has 0 saturated carbocycles. The first-order valence-corrected chi connectivity index (χ1v) is 7.06. The maximum Gasteiger partial charge on any atom is 0.409 e. The highest BCUT2D eigenvalue weighted by molar-refractivity contribution is 5.67. The molecule has 1 fully saturated rings. The maximum atomic E-state index is 11.5. The van der Waals surface area contributed by atoms with Crippen LogP contribution in [0.3, 0.4) is 0 Å². The summed E-state index contributed by atoms with van der Waals surface area (Å²) in [5, 5.41) is 9.85. The van der Waals surface area contributed by atoms with Crippen LogP contribution in [0.1, 0.15) is 6.92 Å². The van der Waals surface area contributed by atoms with Crippen LogP contribution in [0.4, 0.5) is 4.79 Å². The summed E-state index contributed by atoms with van der Waals surface area (Å²) in [5.74, 6) is 0. The molecule has 1 amide bonds. The maximum absolute atomic E-state index is 11.5. The monoisotopic (exact) mass is 290 g/mol. The lowest BCUT2D eigenvalue weighted by Gasteiger charge is -2.34. The van der Waals surface area contributed by atoms with Gasteiger partial charge in [-0.15, -0.1) is 0 Å². The summed E-state index contributed by atoms with van der Waals surface area (Å²) in [6, 6.07) is 0. The number of methoxy groups -OCH3 is 1. The van der Waals surface area contributed by atoms with Crippen molar-refractivity contribution in [2.45, 2.75) is 13.0 Å². The molecule has 0 aromatic rings. The summed E-state index contributed by atoms with van der Waals surface area (Å²) in [6.45, 7) is 6.85. The van der Waals surface area contributed by atoms with E-state index in [1.165, 1.54) is 0 Å². The Bertz CT molecular complexity index is 269. The predicted octanol–water partition coefficient (Wildman–Crippen LogP) is -0.216. The molecule has 0 radical (unpaired) electrons. The summed E-state index contributed by atoms with van der Waals surface area (Å²) >= 11 is 0. The second-order valence-corrected chi connectivity index (χ2v) is 4.71. The lowest BCUT2D eigenvalue weighted by atomic mass is 10.3. The van der Waals surface area contributed by atoms with Gasteiger partial charge in [-0.2, -0.15) is 0 Å². The largest absolute Gasteiger partial charge is 0.450 e. The average molecular weight is 290 g/mol. The molecular weight excluding hydrogens is 264 g/mol. The smallest absolute Gasteiger partial charge is 0.409 e. The summed E-state index contributed by atoms with van der Waals surface area (Å²) in [7, 11) is 1.61. The number of aliphatic hydroxyl groups is 1. The number of rotatable bonds is 8. The van der Waals surface area contributed by atoms with Gasteiger partial charge in [0.15, 0.2) is 0 Å². The van der Waals surface area contributed by atoms with Crippen molar-refractivity contribution in [1.82, 2.24) is 9.80 Å². The zero-order valence-electron chi connectivity index (χ0n) is 12.4. The molecular formula is C13H26N2O5. The minimum atomic E-state index is -0.513. The number of hydrogen-bond donors (Lipinski definition) is 1. The normalized spacial score (nSPS) is 18.1. The average Bonchev–Trinajstić information content (AvgIpc) is 2.45. The Morgan fingerprint density at radius 2 is 1.95 bits per heavy atom. The van der Waals surface area contributed by atoms with Crippen LogP contribution in [0.15, 0.2) is 0 Å². The zero-order valence-corrected chi connectivity index (χ0v) is 12.4. The van der Waals surface area contributed by atoms with Gasteiger partial charge < -0.3 is 24.2 Å². The Labute approximate surface area is 120 Å². The molecule has 0 aromatic carbocycles. The van der Waals surface area contributed by atoms with Crippen LogP contribution < -0.4 is 0 Å². The summed E-state index contributed by atoms with van der Waals surface area (Å²) in [4.78, 5) is 15.4. The number of aliphatic hydroxyl groups excluding tert-OH is 1. The van der Waals surface area contributed by atoms with Crippen LogP contribution >= 0.6 is 0 Å². The molecule has 20 heavy (non-hydrogen) atoms. The molecule has 1 unspecified atom stereocenters. The highest BCUT2D eigenvalue weighted by Gasteiger charge is 2.23. The van der Waals surface area contributed by atoms with Gasteiger partial charge in [-0.25, -0.2) is 4.79 Å². The van der Waals surface area contributed by atoms with Crippen molar-refractivity contribution in [2.24, 2.45) is 0 Å². The quantitative estimate of drug-likeness (QED) is 0.623. The van der Waals surface area contributed by atoms with Crippen LogP contribution in [-0.4, -0.2) is 93.4 Å². The SMILES string of the molecule is CCOC(=O)N1CCN(CC(O)COCCOC)CC1. The molecule has 1 aliphatic heterocycles. The van der Waals surface area contributed by atoms with E-state index in [0.29, 0.717) is 46.1 Å². The van der Waals surface area contributed by atoms with Crippen molar-refractivity contribution < 1.29 is 24.1 Å². The summed E-state index contributed by atoms with van der Waals surface area (Å²) < 4.78 is 15.1. The lowest BCUT2D eigenvalue weighted by Crippen LogP contribution is -2.51. The summed E-state index contributed by atoms with van der Waals surface area (Å²) in [6.07, 6.45) is -0.767. The highest BCUT2D eigenvalue weighted by Crippen LogP contribution is 2.05. The number of hydrogen-bond acceptors (Lipinski definition) is 6. The predicted molar refractivity (Wildman–Crippen MR) is 73.7 cm³/mol. The zero-order chi connectivity index (χ0) is 14.8. The minimum Gasteiger partial charge on any atom is -0.450 e. The molecule has 1 atom stereocenters. The number of carbonyl (C=O) groups excluding carboxylic acids is 1. The van der Waals surface area contributed by atoms with E-state index in [1.807, 2.05) is 0 Å². The first-order valence-electron chi connectivity index (χ1n) is 7.06. The molecule has 1 aliphatic rings. The molecule has 7 nitrogen and oxygen atoms in total. The van der Waals surface area contributed by atoms with E-state index in [4.69, 9.17) is 14.2 Å². The van der Waals surface area contributed by atoms with Gasteiger partial charge in [0.1, 0.15) is 0 Å². The van der Waals surface area contributed by atoms with Crippen molar-refractivity contribution in [3.8, 4) is 0 Å². The Hall–Kier alpha value is -0.890. The van der Waals surface area contributed by atoms with E-state index in [2.05, 4.69) is 4.90 Å². The Morgan fingerprint density at radius 1 is 1.25 bits per heavy atom. The molecule has 1 rings (SSSR count). The van der Waals surface area contributed by atoms with Crippen molar-refractivity contribution >= 4 is 6.09 Å². The second kappa shape index (κ2) is 9.93. The number of piperazine rings is 1. The highest BCUT2D eigenvalue weighted by atomic mass is 16.6. The van der Waals surface area contributed by atoms with E-state index in [9.17, 15) is 9.90 Å². The van der Waals surface area contributed by atoms with Gasteiger partial charge in [-0.1, -0.05) is 0 Å². The van der Waals surface area contributed by atoms with E-state index < -0.39 is 6.10 Å². The minimum absolute atomic E-state index is 0.254. The van der Waals surface area contributed by atoms with E-state index in [1.54, 1.807) is 18.9 Å². The van der Waals surface area contributed by atoms with Crippen molar-refractivity contribution in [1.29, 1.82) is 0 Å². The van der Waals surface area contributed by atoms with E-state index in [0.717, 1.165) is 13.1 Å². The van der Waals surface area contributed by atoms with Gasteiger partial charge in [-0.05, 0) is 6.92 Å². The second-order valence-electron chi connectivity index (χ2n) is 4.71. The molecule has 0 bridgehead atoms. The standard InChI is InChI=1S/C13H26N2O5/c1-3-20-13(17)15-6-4-14(5-7-15)10-12(16)11-19-9-8-18-2/h12,16H,3-11H2,1-2H3. The third-order valence-electron chi connectivity index (χ3n) is 3.11. The third-order valence-corrected chi connectivity index (χ3v) is 3.11. The Kier molecular flexibility index (Phi) is 8.52. The fourth-order valence-electron chi connectivity index (χ4n) is 2.04. The molecule has 1 N–H and O–H groups in total. The van der Waals surface area contributed by atoms with Gasteiger partial charge >= 0.3 is 6.09 Å². The van der Waals surface area contributed by atoms with Gasteiger partial charge in [-0.3, -0.25) is 4.90 Å². The number of carbonyl (C=O) groups is 1. The van der Waals surface area contributed by atoms with E-state index >= 15 is 0 Å². The van der Waals surface area contributed by atoms with Gasteiger partial charge in [0.2, 0.25) is 0 Å². The van der Waals surface area contributed by atoms with Crippen molar-refractivity contribution in [3.63, 3.8) is 0 Å². The lowest BCUT2D eigenvalue weighted by molar-refractivity contribution is -0.00685. The molecule has 1 heterocycles. The van der Waals surface area contributed by atoms with Crippen LogP contribution in [0.5, 0.6) is 0 Å². The number of amides is 1. The third kappa shape index (κ3) is 6.51. The van der Waals surface area contributed by atoms with Gasteiger partial charge in [0.05, 0.1) is 32.5 Å². The first kappa shape index (κ1) is 17.2. The molecule has 0 aromatic heterocycles. The fraction of sp³-hybridized carbons (Fsp3) is 0.923. The fourth-order valence-corrected chi connectivity index (χ4v) is 2.04. The first-order chi connectivity index (χ1) is 9.67. The van der Waals surface area contributed by atoms with E-state index in [-0.39, 0.29) is 6.09 Å². The topological polar surface area (TPSA) is 71.5 Å². The molecule has 0 spiro atoms. The van der Waals surface area contributed by atoms with Crippen LogP contribution in [0.25, 0.3) is 0 Å². The molecule has 1 saturated heterocycles. The molecule has 7 heteroatoms. The molecule has 118 valence electrons. The Balaban J connectivity index is 2.13. The van der Waals surface area contributed by atoms with Crippen LogP contribution in [0.2, 0.25) is 0 Å². The summed E-state index contributed by atoms with van der Waals surface area (Å²) in [5.41, 5.74) is 0. The number of β-amino-alcohol motifs (C(OH)–C–C–N with tert-alkyl or cyclic N) is 1. The number of ether oxygens (including phenoxy) is 3. The Morgan fingerprint density at radius 3 is 2.55 bits per heavy atom.